The molecular formula is C12H19BrN2O3S. The van der Waals surface area contributed by atoms with Gasteiger partial charge in [0.15, 0.2) is 0 Å². The van der Waals surface area contributed by atoms with Crippen LogP contribution in [0.1, 0.15) is 20.3 Å². The lowest BCUT2D eigenvalue weighted by Crippen LogP contribution is -2.38. The zero-order chi connectivity index (χ0) is 14.6. The van der Waals surface area contributed by atoms with Crippen LogP contribution in [-0.2, 0) is 10.0 Å². The summed E-state index contributed by atoms with van der Waals surface area (Å²) in [6, 6.07) is 4.50. The Morgan fingerprint density at radius 1 is 1.42 bits per heavy atom. The predicted molar refractivity (Wildman–Crippen MR) is 79.3 cm³/mol. The molecule has 3 N–H and O–H groups in total. The normalized spacial score (nSPS) is 12.3. The zero-order valence-electron chi connectivity index (χ0n) is 11.0. The molecule has 0 aliphatic carbocycles. The van der Waals surface area contributed by atoms with Gasteiger partial charge in [0.25, 0.3) is 0 Å². The van der Waals surface area contributed by atoms with Gasteiger partial charge in [-0.1, -0.05) is 0 Å². The molecule has 0 aromatic heterocycles. The number of halogens is 1. The SMILES string of the molecule is CC(C)N(CCCO)S(=O)(=O)c1cc(N)ccc1Br. The van der Waals surface area contributed by atoms with E-state index in [1.165, 1.54) is 10.4 Å². The molecule has 0 radical (unpaired) electrons. The molecule has 0 aliphatic rings. The van der Waals surface area contributed by atoms with Crippen LogP contribution < -0.4 is 5.73 Å². The zero-order valence-corrected chi connectivity index (χ0v) is 13.4. The summed E-state index contributed by atoms with van der Waals surface area (Å²) in [4.78, 5) is 0.152. The largest absolute Gasteiger partial charge is 0.399 e. The Morgan fingerprint density at radius 3 is 2.58 bits per heavy atom. The summed E-state index contributed by atoms with van der Waals surface area (Å²) in [5.74, 6) is 0. The van der Waals surface area contributed by atoms with Gasteiger partial charge in [-0.25, -0.2) is 8.42 Å². The Morgan fingerprint density at radius 2 is 2.05 bits per heavy atom. The first-order valence-electron chi connectivity index (χ1n) is 5.98. The number of nitrogen functional groups attached to an aromatic ring is 1. The van der Waals surface area contributed by atoms with Crippen molar-refractivity contribution in [1.29, 1.82) is 0 Å². The number of nitrogens with two attached hydrogens (primary N) is 1. The van der Waals surface area contributed by atoms with Crippen LogP contribution in [0.4, 0.5) is 5.69 Å². The van der Waals surface area contributed by atoms with Gasteiger partial charge in [-0.05, 0) is 54.4 Å². The summed E-state index contributed by atoms with van der Waals surface area (Å²) in [5, 5.41) is 8.88. The number of hydrogen-bond donors (Lipinski definition) is 2. The van der Waals surface area contributed by atoms with Gasteiger partial charge in [-0.2, -0.15) is 4.31 Å². The van der Waals surface area contributed by atoms with Gasteiger partial charge in [-0.15, -0.1) is 0 Å². The molecule has 0 heterocycles. The van der Waals surface area contributed by atoms with Gasteiger partial charge < -0.3 is 10.8 Å². The molecular weight excluding hydrogens is 332 g/mol. The van der Waals surface area contributed by atoms with Crippen molar-refractivity contribution in [3.63, 3.8) is 0 Å². The van der Waals surface area contributed by atoms with E-state index < -0.39 is 10.0 Å². The number of benzene rings is 1. The molecule has 19 heavy (non-hydrogen) atoms. The number of aliphatic hydroxyl groups is 1. The van der Waals surface area contributed by atoms with Crippen LogP contribution in [0.15, 0.2) is 27.6 Å². The van der Waals surface area contributed by atoms with Crippen LogP contribution in [0, 0.1) is 0 Å². The Labute approximate surface area is 122 Å². The number of hydrogen-bond acceptors (Lipinski definition) is 4. The van der Waals surface area contributed by atoms with Gasteiger partial charge in [0, 0.05) is 29.4 Å². The molecule has 0 saturated heterocycles. The lowest BCUT2D eigenvalue weighted by molar-refractivity contribution is 0.258. The third-order valence-electron chi connectivity index (χ3n) is 2.65. The molecule has 0 aliphatic heterocycles. The molecule has 1 aromatic rings. The molecule has 108 valence electrons. The van der Waals surface area contributed by atoms with E-state index in [1.54, 1.807) is 26.0 Å². The van der Waals surface area contributed by atoms with E-state index in [4.69, 9.17) is 10.8 Å². The van der Waals surface area contributed by atoms with Crippen molar-refractivity contribution >= 4 is 31.6 Å². The van der Waals surface area contributed by atoms with E-state index >= 15 is 0 Å². The fourth-order valence-electron chi connectivity index (χ4n) is 1.73. The van der Waals surface area contributed by atoms with Gasteiger partial charge in [-0.3, -0.25) is 0 Å². The number of sulfonamides is 1. The van der Waals surface area contributed by atoms with Crippen molar-refractivity contribution < 1.29 is 13.5 Å². The smallest absolute Gasteiger partial charge is 0.244 e. The molecule has 0 spiro atoms. The molecule has 0 fully saturated rings. The fraction of sp³-hybridized carbons (Fsp3) is 0.500. The molecule has 7 heteroatoms. The van der Waals surface area contributed by atoms with Gasteiger partial charge in [0.1, 0.15) is 0 Å². The van der Waals surface area contributed by atoms with Gasteiger partial charge in [0.05, 0.1) is 4.90 Å². The first-order chi connectivity index (χ1) is 8.80. The number of nitrogens with zero attached hydrogens (tertiary/aromatic N) is 1. The van der Waals surface area contributed by atoms with Crippen molar-refractivity contribution in [3.05, 3.63) is 22.7 Å². The number of anilines is 1. The van der Waals surface area contributed by atoms with Crippen LogP contribution in [0.2, 0.25) is 0 Å². The Bertz CT molecular complexity index is 532. The maximum Gasteiger partial charge on any atom is 0.244 e. The minimum atomic E-state index is -3.63. The lowest BCUT2D eigenvalue weighted by Gasteiger charge is -2.26. The standard InChI is InChI=1S/C12H19BrN2O3S/c1-9(2)15(6-3-7-16)19(17,18)12-8-10(14)4-5-11(12)13/h4-5,8-9,16H,3,6-7,14H2,1-2H3. The minimum Gasteiger partial charge on any atom is -0.399 e. The van der Waals surface area contributed by atoms with Crippen LogP contribution >= 0.6 is 15.9 Å². The number of rotatable bonds is 6. The third kappa shape index (κ3) is 3.92. The second-order valence-corrected chi connectivity index (χ2v) is 7.19. The Kier molecular flexibility index (Phi) is 5.79. The highest BCUT2D eigenvalue weighted by Gasteiger charge is 2.28. The monoisotopic (exact) mass is 350 g/mol. The first-order valence-corrected chi connectivity index (χ1v) is 8.21. The van der Waals surface area contributed by atoms with Gasteiger partial charge >= 0.3 is 0 Å². The van der Waals surface area contributed by atoms with Crippen LogP contribution in [0.25, 0.3) is 0 Å². The summed E-state index contributed by atoms with van der Waals surface area (Å²) in [5.41, 5.74) is 6.05. The molecule has 1 rings (SSSR count). The summed E-state index contributed by atoms with van der Waals surface area (Å²) in [6.07, 6.45) is 0.400. The predicted octanol–water partition coefficient (Wildman–Crippen LogP) is 1.81. The van der Waals surface area contributed by atoms with E-state index in [0.717, 1.165) is 0 Å². The number of aliphatic hydroxyl groups excluding tert-OH is 1. The minimum absolute atomic E-state index is 0.0448. The molecule has 0 atom stereocenters. The summed E-state index contributed by atoms with van der Waals surface area (Å²) < 4.78 is 27.1. The van der Waals surface area contributed by atoms with Crippen molar-refractivity contribution in [2.24, 2.45) is 0 Å². The molecule has 0 bridgehead atoms. The first kappa shape index (κ1) is 16.4. The average Bonchev–Trinajstić information content (AvgIpc) is 2.32. The van der Waals surface area contributed by atoms with Crippen LogP contribution in [0.3, 0.4) is 0 Å². The van der Waals surface area contributed by atoms with E-state index in [1.807, 2.05) is 0 Å². The lowest BCUT2D eigenvalue weighted by atomic mass is 10.3. The Balaban J connectivity index is 3.22. The van der Waals surface area contributed by atoms with E-state index in [2.05, 4.69) is 15.9 Å². The summed E-state index contributed by atoms with van der Waals surface area (Å²) >= 11 is 3.24. The van der Waals surface area contributed by atoms with E-state index in [0.29, 0.717) is 16.6 Å². The average molecular weight is 351 g/mol. The Hall–Kier alpha value is -0.630. The highest BCUT2D eigenvalue weighted by molar-refractivity contribution is 9.10. The maximum absolute atomic E-state index is 12.6. The van der Waals surface area contributed by atoms with Crippen molar-refractivity contribution in [2.45, 2.75) is 31.2 Å². The quantitative estimate of drug-likeness (QED) is 0.766. The molecule has 5 nitrogen and oxygen atoms in total. The topological polar surface area (TPSA) is 83.6 Å². The second kappa shape index (κ2) is 6.69. The fourth-order valence-corrected chi connectivity index (χ4v) is 4.36. The van der Waals surface area contributed by atoms with E-state index in [-0.39, 0.29) is 24.1 Å². The van der Waals surface area contributed by atoms with Crippen molar-refractivity contribution in [2.75, 3.05) is 18.9 Å². The molecule has 0 unspecified atom stereocenters. The summed E-state index contributed by atoms with van der Waals surface area (Å²) in [7, 11) is -3.63. The summed E-state index contributed by atoms with van der Waals surface area (Å²) in [6.45, 7) is 3.83. The molecule has 0 amide bonds. The maximum atomic E-state index is 12.6. The van der Waals surface area contributed by atoms with E-state index in [9.17, 15) is 8.42 Å². The van der Waals surface area contributed by atoms with Crippen molar-refractivity contribution in [3.8, 4) is 0 Å². The molecule has 0 saturated carbocycles. The molecule has 1 aromatic carbocycles. The second-order valence-electron chi connectivity index (χ2n) is 4.48. The highest BCUT2D eigenvalue weighted by Crippen LogP contribution is 2.28. The van der Waals surface area contributed by atoms with Crippen molar-refractivity contribution in [1.82, 2.24) is 4.31 Å². The van der Waals surface area contributed by atoms with Crippen LogP contribution in [-0.4, -0.2) is 37.0 Å². The third-order valence-corrected chi connectivity index (χ3v) is 5.72. The van der Waals surface area contributed by atoms with Gasteiger partial charge in [0.2, 0.25) is 10.0 Å². The van der Waals surface area contributed by atoms with Crippen LogP contribution in [0.5, 0.6) is 0 Å². The highest BCUT2D eigenvalue weighted by atomic mass is 79.9.